The summed E-state index contributed by atoms with van der Waals surface area (Å²) in [7, 11) is 0. The molecule has 2 nitrogen and oxygen atoms in total. The van der Waals surface area contributed by atoms with Crippen molar-refractivity contribution in [2.75, 3.05) is 5.73 Å². The average molecular weight is 252 g/mol. The van der Waals surface area contributed by atoms with Gasteiger partial charge in [0.2, 0.25) is 0 Å². The van der Waals surface area contributed by atoms with Crippen LogP contribution in [0.1, 0.15) is 17.2 Å². The summed E-state index contributed by atoms with van der Waals surface area (Å²) in [5.41, 5.74) is 6.70. The van der Waals surface area contributed by atoms with E-state index < -0.39 is 11.9 Å². The monoisotopic (exact) mass is 251 g/mol. The van der Waals surface area contributed by atoms with Crippen LogP contribution < -0.4 is 5.73 Å². The number of hydrogen-bond donors (Lipinski definition) is 2. The Hall–Kier alpha value is -1.58. The van der Waals surface area contributed by atoms with Crippen molar-refractivity contribution in [1.29, 1.82) is 0 Å². The molecule has 3 N–H and O–H groups in total. The highest BCUT2D eigenvalue weighted by Gasteiger charge is 2.17. The Kier molecular flexibility index (Phi) is 3.31. The number of nitrogen functional groups attached to an aromatic ring is 1. The van der Waals surface area contributed by atoms with E-state index >= 15 is 0 Å². The SMILES string of the molecule is Nc1ccc(Cl)cc1[C@H](O)c1ccccc1F. The Labute approximate surface area is 103 Å². The van der Waals surface area contributed by atoms with E-state index in [0.717, 1.165) is 0 Å². The second kappa shape index (κ2) is 4.73. The van der Waals surface area contributed by atoms with Crippen LogP contribution in [-0.4, -0.2) is 5.11 Å². The molecule has 0 saturated heterocycles. The highest BCUT2D eigenvalue weighted by atomic mass is 35.5. The number of nitrogens with two attached hydrogens (primary N) is 1. The number of anilines is 1. The van der Waals surface area contributed by atoms with Crippen molar-refractivity contribution >= 4 is 17.3 Å². The normalized spacial score (nSPS) is 12.4. The van der Waals surface area contributed by atoms with Gasteiger partial charge in [0.25, 0.3) is 0 Å². The number of halogens is 2. The molecule has 0 unspecified atom stereocenters. The van der Waals surface area contributed by atoms with E-state index in [1.165, 1.54) is 18.2 Å². The number of aliphatic hydroxyl groups is 1. The zero-order valence-corrected chi connectivity index (χ0v) is 9.66. The highest BCUT2D eigenvalue weighted by molar-refractivity contribution is 6.30. The molecule has 0 aliphatic carbocycles. The van der Waals surface area contributed by atoms with Gasteiger partial charge >= 0.3 is 0 Å². The second-order valence-electron chi connectivity index (χ2n) is 3.70. The molecular formula is C13H11ClFNO. The van der Waals surface area contributed by atoms with Crippen molar-refractivity contribution in [3.8, 4) is 0 Å². The zero-order chi connectivity index (χ0) is 12.4. The first-order valence-electron chi connectivity index (χ1n) is 5.07. The standard InChI is InChI=1S/C13H11ClFNO/c14-8-5-6-12(16)10(7-8)13(17)9-3-1-2-4-11(9)15/h1-7,13,17H,16H2/t13-/m1/s1. The van der Waals surface area contributed by atoms with Gasteiger partial charge in [-0.25, -0.2) is 4.39 Å². The number of hydrogen-bond acceptors (Lipinski definition) is 2. The summed E-state index contributed by atoms with van der Waals surface area (Å²) in [4.78, 5) is 0. The summed E-state index contributed by atoms with van der Waals surface area (Å²) in [6.07, 6.45) is -1.12. The van der Waals surface area contributed by atoms with Gasteiger partial charge in [-0.2, -0.15) is 0 Å². The summed E-state index contributed by atoms with van der Waals surface area (Å²) in [6, 6.07) is 10.8. The van der Waals surface area contributed by atoms with Gasteiger partial charge in [-0.3, -0.25) is 0 Å². The first kappa shape index (κ1) is 11.9. The Morgan fingerprint density at radius 1 is 1.12 bits per heavy atom. The van der Waals surface area contributed by atoms with Crippen LogP contribution in [0.25, 0.3) is 0 Å². The van der Waals surface area contributed by atoms with Gasteiger partial charge in [-0.1, -0.05) is 29.8 Å². The summed E-state index contributed by atoms with van der Waals surface area (Å²) < 4.78 is 13.5. The summed E-state index contributed by atoms with van der Waals surface area (Å²) in [5, 5.41) is 10.5. The predicted octanol–water partition coefficient (Wildman–Crippen LogP) is 3.14. The van der Waals surface area contributed by atoms with E-state index in [-0.39, 0.29) is 5.56 Å². The van der Waals surface area contributed by atoms with E-state index in [4.69, 9.17) is 17.3 Å². The van der Waals surface area contributed by atoms with Crippen LogP contribution in [0.15, 0.2) is 42.5 Å². The molecule has 0 aromatic heterocycles. The fourth-order valence-electron chi connectivity index (χ4n) is 1.65. The van der Waals surface area contributed by atoms with Crippen LogP contribution in [-0.2, 0) is 0 Å². The highest BCUT2D eigenvalue weighted by Crippen LogP contribution is 2.30. The first-order chi connectivity index (χ1) is 8.09. The molecule has 1 atom stereocenters. The van der Waals surface area contributed by atoms with Gasteiger partial charge in [0, 0.05) is 21.8 Å². The maximum Gasteiger partial charge on any atom is 0.129 e. The third-order valence-electron chi connectivity index (χ3n) is 2.54. The predicted molar refractivity (Wildman–Crippen MR) is 66.3 cm³/mol. The minimum atomic E-state index is -1.12. The van der Waals surface area contributed by atoms with Gasteiger partial charge in [0.1, 0.15) is 11.9 Å². The topological polar surface area (TPSA) is 46.2 Å². The maximum absolute atomic E-state index is 13.5. The van der Waals surface area contributed by atoms with Crippen molar-refractivity contribution in [3.05, 3.63) is 64.4 Å². The minimum absolute atomic E-state index is 0.182. The van der Waals surface area contributed by atoms with E-state index in [2.05, 4.69) is 0 Å². The molecule has 2 aromatic carbocycles. The van der Waals surface area contributed by atoms with E-state index in [9.17, 15) is 9.50 Å². The minimum Gasteiger partial charge on any atom is -0.398 e. The van der Waals surface area contributed by atoms with Crippen LogP contribution in [0.5, 0.6) is 0 Å². The Morgan fingerprint density at radius 3 is 2.53 bits per heavy atom. The lowest BCUT2D eigenvalue weighted by Gasteiger charge is -2.14. The van der Waals surface area contributed by atoms with Crippen molar-refractivity contribution in [3.63, 3.8) is 0 Å². The van der Waals surface area contributed by atoms with Crippen molar-refractivity contribution in [1.82, 2.24) is 0 Å². The molecular weight excluding hydrogens is 241 g/mol. The molecule has 88 valence electrons. The van der Waals surface area contributed by atoms with E-state index in [0.29, 0.717) is 16.3 Å². The Balaban J connectivity index is 2.47. The molecule has 0 aliphatic heterocycles. The smallest absolute Gasteiger partial charge is 0.129 e. The third-order valence-corrected chi connectivity index (χ3v) is 2.78. The molecule has 0 aliphatic rings. The fourth-order valence-corrected chi connectivity index (χ4v) is 1.83. The number of benzene rings is 2. The molecule has 0 fully saturated rings. The lowest BCUT2D eigenvalue weighted by molar-refractivity contribution is 0.215. The Bertz CT molecular complexity index is 545. The first-order valence-corrected chi connectivity index (χ1v) is 5.45. The van der Waals surface area contributed by atoms with E-state index in [1.807, 2.05) is 0 Å². The third kappa shape index (κ3) is 2.40. The van der Waals surface area contributed by atoms with Gasteiger partial charge in [0.05, 0.1) is 0 Å². The van der Waals surface area contributed by atoms with Gasteiger partial charge in [-0.05, 0) is 24.3 Å². The molecule has 0 spiro atoms. The average Bonchev–Trinajstić information content (AvgIpc) is 2.32. The zero-order valence-electron chi connectivity index (χ0n) is 8.90. The number of rotatable bonds is 2. The van der Waals surface area contributed by atoms with Crippen molar-refractivity contribution in [2.24, 2.45) is 0 Å². The van der Waals surface area contributed by atoms with Gasteiger partial charge in [-0.15, -0.1) is 0 Å². The molecule has 2 aromatic rings. The molecule has 0 radical (unpaired) electrons. The fraction of sp³-hybridized carbons (Fsp3) is 0.0769. The maximum atomic E-state index is 13.5. The van der Waals surface area contributed by atoms with Crippen LogP contribution in [0.2, 0.25) is 5.02 Å². The molecule has 4 heteroatoms. The van der Waals surface area contributed by atoms with E-state index in [1.54, 1.807) is 24.3 Å². The van der Waals surface area contributed by atoms with Gasteiger partial charge < -0.3 is 10.8 Å². The van der Waals surface area contributed by atoms with Crippen LogP contribution in [0.4, 0.5) is 10.1 Å². The van der Waals surface area contributed by atoms with Crippen LogP contribution in [0.3, 0.4) is 0 Å². The quantitative estimate of drug-likeness (QED) is 0.806. The molecule has 0 bridgehead atoms. The van der Waals surface area contributed by atoms with Crippen molar-refractivity contribution < 1.29 is 9.50 Å². The molecule has 17 heavy (non-hydrogen) atoms. The number of aliphatic hydroxyl groups excluding tert-OH is 1. The molecule has 2 rings (SSSR count). The Morgan fingerprint density at radius 2 is 1.82 bits per heavy atom. The lowest BCUT2D eigenvalue weighted by Crippen LogP contribution is -2.05. The summed E-state index contributed by atoms with van der Waals surface area (Å²) in [6.45, 7) is 0. The largest absolute Gasteiger partial charge is 0.398 e. The molecule has 0 amide bonds. The van der Waals surface area contributed by atoms with Crippen molar-refractivity contribution in [2.45, 2.75) is 6.10 Å². The summed E-state index contributed by atoms with van der Waals surface area (Å²) >= 11 is 5.83. The van der Waals surface area contributed by atoms with Crippen LogP contribution in [0, 0.1) is 5.82 Å². The van der Waals surface area contributed by atoms with Gasteiger partial charge in [0.15, 0.2) is 0 Å². The lowest BCUT2D eigenvalue weighted by atomic mass is 10.00. The molecule has 0 saturated carbocycles. The second-order valence-corrected chi connectivity index (χ2v) is 4.13. The summed E-state index contributed by atoms with van der Waals surface area (Å²) in [5.74, 6) is -0.473. The molecule has 0 heterocycles. The van der Waals surface area contributed by atoms with Crippen LogP contribution >= 0.6 is 11.6 Å².